The van der Waals surface area contributed by atoms with E-state index >= 15 is 0 Å². The average Bonchev–Trinajstić information content (AvgIpc) is 2.30. The Bertz CT molecular complexity index is 332. The predicted octanol–water partition coefficient (Wildman–Crippen LogP) is 2.25. The number of methoxy groups -OCH3 is 1. The number of nitrogens with zero attached hydrogens (tertiary/aromatic N) is 1. The summed E-state index contributed by atoms with van der Waals surface area (Å²) in [6.45, 7) is 2.36. The van der Waals surface area contributed by atoms with Crippen LogP contribution in [0.1, 0.15) is 0 Å². The lowest BCUT2D eigenvalue weighted by molar-refractivity contribution is 0.116. The second-order valence-electron chi connectivity index (χ2n) is 3.37. The second kappa shape index (κ2) is 4.86. The molecule has 1 saturated heterocycles. The number of benzene rings is 1. The Morgan fingerprint density at radius 1 is 1.47 bits per heavy atom. The normalized spacial score (nSPS) is 21.5. The summed E-state index contributed by atoms with van der Waals surface area (Å²) in [5.41, 5.74) is 1.12. The van der Waals surface area contributed by atoms with Crippen LogP contribution in [0.5, 0.6) is 5.75 Å². The van der Waals surface area contributed by atoms with Crippen molar-refractivity contribution in [2.24, 2.45) is 0 Å². The fourth-order valence-corrected chi connectivity index (χ4v) is 2.32. The lowest BCUT2D eigenvalue weighted by Gasteiger charge is -2.34. The van der Waals surface area contributed by atoms with Crippen LogP contribution >= 0.6 is 15.9 Å². The van der Waals surface area contributed by atoms with Crippen LogP contribution < -0.4 is 9.64 Å². The SMILES string of the molecule is COc1ccccc1N1CCOCC1Br. The Balaban J connectivity index is 2.26. The van der Waals surface area contributed by atoms with E-state index in [1.54, 1.807) is 7.11 Å². The van der Waals surface area contributed by atoms with Gasteiger partial charge in [0.25, 0.3) is 0 Å². The van der Waals surface area contributed by atoms with Gasteiger partial charge in [-0.15, -0.1) is 0 Å². The maximum atomic E-state index is 5.38. The summed E-state index contributed by atoms with van der Waals surface area (Å²) in [4.78, 5) is 2.48. The third-order valence-electron chi connectivity index (χ3n) is 2.46. The molecule has 0 aliphatic carbocycles. The lowest BCUT2D eigenvalue weighted by Crippen LogP contribution is -2.42. The van der Waals surface area contributed by atoms with Crippen LogP contribution in [0.15, 0.2) is 24.3 Å². The van der Waals surface area contributed by atoms with Gasteiger partial charge in [-0.3, -0.25) is 0 Å². The van der Waals surface area contributed by atoms with Crippen molar-refractivity contribution in [3.63, 3.8) is 0 Å². The van der Waals surface area contributed by atoms with Crippen molar-refractivity contribution < 1.29 is 9.47 Å². The minimum atomic E-state index is 0.225. The van der Waals surface area contributed by atoms with Crippen molar-refractivity contribution in [1.82, 2.24) is 0 Å². The highest BCUT2D eigenvalue weighted by molar-refractivity contribution is 9.09. The van der Waals surface area contributed by atoms with Crippen LogP contribution in [0.25, 0.3) is 0 Å². The van der Waals surface area contributed by atoms with E-state index in [1.807, 2.05) is 18.2 Å². The number of hydrogen-bond donors (Lipinski definition) is 0. The number of ether oxygens (including phenoxy) is 2. The maximum Gasteiger partial charge on any atom is 0.142 e. The highest BCUT2D eigenvalue weighted by Gasteiger charge is 2.22. The van der Waals surface area contributed by atoms with Crippen molar-refractivity contribution >= 4 is 21.6 Å². The standard InChI is InChI=1S/C11H14BrNO2/c1-14-10-5-3-2-4-9(10)13-6-7-15-8-11(13)12/h2-5,11H,6-8H2,1H3. The summed E-state index contributed by atoms with van der Waals surface area (Å²) in [5.74, 6) is 0.906. The zero-order chi connectivity index (χ0) is 10.7. The van der Waals surface area contributed by atoms with Gasteiger partial charge in [-0.25, -0.2) is 0 Å². The number of morpholine rings is 1. The first kappa shape index (κ1) is 10.8. The van der Waals surface area contributed by atoms with Crippen molar-refractivity contribution in [3.05, 3.63) is 24.3 Å². The van der Waals surface area contributed by atoms with Gasteiger partial charge in [0.2, 0.25) is 0 Å². The van der Waals surface area contributed by atoms with Crippen molar-refractivity contribution in [2.75, 3.05) is 31.8 Å². The molecular formula is C11H14BrNO2. The molecule has 15 heavy (non-hydrogen) atoms. The van der Waals surface area contributed by atoms with Gasteiger partial charge in [0.1, 0.15) is 10.7 Å². The molecule has 0 aromatic heterocycles. The third-order valence-corrected chi connectivity index (χ3v) is 3.22. The number of rotatable bonds is 2. The number of anilines is 1. The molecule has 0 amide bonds. The molecule has 0 spiro atoms. The number of halogens is 1. The molecule has 1 fully saturated rings. The Labute approximate surface area is 98.1 Å². The van der Waals surface area contributed by atoms with E-state index in [4.69, 9.17) is 9.47 Å². The van der Waals surface area contributed by atoms with E-state index in [0.29, 0.717) is 6.61 Å². The van der Waals surface area contributed by atoms with Gasteiger partial charge in [0.15, 0.2) is 0 Å². The van der Waals surface area contributed by atoms with Gasteiger partial charge in [0.05, 0.1) is 26.0 Å². The Morgan fingerprint density at radius 3 is 3.00 bits per heavy atom. The topological polar surface area (TPSA) is 21.7 Å². The molecule has 1 aliphatic rings. The molecule has 0 bridgehead atoms. The smallest absolute Gasteiger partial charge is 0.142 e. The van der Waals surface area contributed by atoms with E-state index in [1.165, 1.54) is 0 Å². The summed E-state index contributed by atoms with van der Waals surface area (Å²) in [6, 6.07) is 8.04. The van der Waals surface area contributed by atoms with Crippen LogP contribution in [0.4, 0.5) is 5.69 Å². The minimum Gasteiger partial charge on any atom is -0.495 e. The van der Waals surface area contributed by atoms with Gasteiger partial charge in [-0.05, 0) is 12.1 Å². The van der Waals surface area contributed by atoms with Gasteiger partial charge >= 0.3 is 0 Å². The Kier molecular flexibility index (Phi) is 3.49. The van der Waals surface area contributed by atoms with E-state index < -0.39 is 0 Å². The summed E-state index contributed by atoms with van der Waals surface area (Å²) >= 11 is 3.60. The van der Waals surface area contributed by atoms with E-state index in [9.17, 15) is 0 Å². The van der Waals surface area contributed by atoms with Gasteiger partial charge < -0.3 is 14.4 Å². The van der Waals surface area contributed by atoms with Gasteiger partial charge in [-0.2, -0.15) is 0 Å². The quantitative estimate of drug-likeness (QED) is 0.609. The average molecular weight is 272 g/mol. The van der Waals surface area contributed by atoms with Crippen LogP contribution in [0.3, 0.4) is 0 Å². The highest BCUT2D eigenvalue weighted by Crippen LogP contribution is 2.31. The first-order valence-corrected chi connectivity index (χ1v) is 5.86. The molecule has 2 rings (SSSR count). The fraction of sp³-hybridized carbons (Fsp3) is 0.455. The van der Waals surface area contributed by atoms with E-state index in [2.05, 4.69) is 26.9 Å². The molecule has 1 unspecified atom stereocenters. The van der Waals surface area contributed by atoms with Crippen LogP contribution in [-0.4, -0.2) is 31.8 Å². The molecule has 0 saturated carbocycles. The van der Waals surface area contributed by atoms with Crippen LogP contribution in [0.2, 0.25) is 0 Å². The maximum absolute atomic E-state index is 5.38. The molecule has 82 valence electrons. The van der Waals surface area contributed by atoms with Crippen molar-refractivity contribution in [1.29, 1.82) is 0 Å². The molecule has 1 atom stereocenters. The molecule has 1 aliphatic heterocycles. The molecule has 1 aromatic carbocycles. The Hall–Kier alpha value is -0.740. The molecule has 0 N–H and O–H groups in total. The second-order valence-corrected chi connectivity index (χ2v) is 4.43. The van der Waals surface area contributed by atoms with Gasteiger partial charge in [0, 0.05) is 6.54 Å². The van der Waals surface area contributed by atoms with Crippen LogP contribution in [0, 0.1) is 0 Å². The minimum absolute atomic E-state index is 0.225. The summed E-state index contributed by atoms with van der Waals surface area (Å²) in [7, 11) is 1.70. The third kappa shape index (κ3) is 2.26. The Morgan fingerprint density at radius 2 is 2.27 bits per heavy atom. The zero-order valence-corrected chi connectivity index (χ0v) is 10.2. The first-order valence-electron chi connectivity index (χ1n) is 4.94. The number of alkyl halides is 1. The molecular weight excluding hydrogens is 258 g/mol. The summed E-state index contributed by atoms with van der Waals surface area (Å²) in [5, 5.41) is 0. The molecule has 0 radical (unpaired) electrons. The molecule has 3 nitrogen and oxygen atoms in total. The van der Waals surface area contributed by atoms with Crippen molar-refractivity contribution in [2.45, 2.75) is 4.95 Å². The van der Waals surface area contributed by atoms with Gasteiger partial charge in [-0.1, -0.05) is 28.1 Å². The molecule has 4 heteroatoms. The van der Waals surface area contributed by atoms with E-state index in [0.717, 1.165) is 24.6 Å². The summed E-state index contributed by atoms with van der Waals surface area (Å²) < 4.78 is 10.7. The number of para-hydroxylation sites is 2. The lowest BCUT2D eigenvalue weighted by atomic mass is 10.2. The monoisotopic (exact) mass is 271 g/mol. The highest BCUT2D eigenvalue weighted by atomic mass is 79.9. The zero-order valence-electron chi connectivity index (χ0n) is 8.65. The molecule has 1 heterocycles. The fourth-order valence-electron chi connectivity index (χ4n) is 1.71. The predicted molar refractivity (Wildman–Crippen MR) is 63.9 cm³/mol. The summed E-state index contributed by atoms with van der Waals surface area (Å²) in [6.07, 6.45) is 0. The molecule has 1 aromatic rings. The first-order chi connectivity index (χ1) is 7.33. The van der Waals surface area contributed by atoms with Crippen LogP contribution in [-0.2, 0) is 4.74 Å². The van der Waals surface area contributed by atoms with E-state index in [-0.39, 0.29) is 4.95 Å². The van der Waals surface area contributed by atoms with Crippen molar-refractivity contribution in [3.8, 4) is 5.75 Å². The number of hydrogen-bond acceptors (Lipinski definition) is 3. The largest absolute Gasteiger partial charge is 0.495 e.